The van der Waals surface area contributed by atoms with Crippen molar-refractivity contribution in [3.05, 3.63) is 53.7 Å². The average Bonchev–Trinajstić information content (AvgIpc) is 3.07. The molecule has 0 atom stereocenters. The van der Waals surface area contributed by atoms with E-state index in [1.54, 1.807) is 26.2 Å². The second-order valence-corrected chi connectivity index (χ2v) is 6.62. The molecular weight excluding hydrogens is 358 g/mol. The van der Waals surface area contributed by atoms with Gasteiger partial charge >= 0.3 is 0 Å². The van der Waals surface area contributed by atoms with Gasteiger partial charge in [0.15, 0.2) is 11.6 Å². The van der Waals surface area contributed by atoms with Crippen LogP contribution in [0.2, 0.25) is 0 Å². The Bertz CT molecular complexity index is 929. The quantitative estimate of drug-likeness (QED) is 0.736. The molecule has 0 bridgehead atoms. The third kappa shape index (κ3) is 3.64. The van der Waals surface area contributed by atoms with Gasteiger partial charge < -0.3 is 19.6 Å². The Hall–Kier alpha value is -3.49. The summed E-state index contributed by atoms with van der Waals surface area (Å²) in [5, 5.41) is 15.6. The van der Waals surface area contributed by atoms with E-state index < -0.39 is 0 Å². The standard InChI is InChI=1S/C19H21N7O2/c1-13-18(14(2)28-24-13)19(27)26-10-8-25(9-11-26)17-6-5-16(22-23-17)21-15-4-3-7-20-12-15/h3-7,12H,8-11H2,1-2H3,(H,21,22). The Morgan fingerprint density at radius 3 is 2.54 bits per heavy atom. The maximum absolute atomic E-state index is 12.7. The van der Waals surface area contributed by atoms with Crippen molar-refractivity contribution in [3.8, 4) is 0 Å². The largest absolute Gasteiger partial charge is 0.361 e. The van der Waals surface area contributed by atoms with E-state index >= 15 is 0 Å². The number of hydrogen-bond donors (Lipinski definition) is 1. The van der Waals surface area contributed by atoms with Crippen molar-refractivity contribution in [1.29, 1.82) is 0 Å². The number of rotatable bonds is 4. The third-order valence-corrected chi connectivity index (χ3v) is 4.72. The van der Waals surface area contributed by atoms with Crippen molar-refractivity contribution in [2.75, 3.05) is 36.4 Å². The van der Waals surface area contributed by atoms with Gasteiger partial charge in [-0.05, 0) is 38.1 Å². The molecule has 1 fully saturated rings. The van der Waals surface area contributed by atoms with Crippen LogP contribution < -0.4 is 10.2 Å². The molecule has 3 aromatic rings. The second-order valence-electron chi connectivity index (χ2n) is 6.62. The Kier molecular flexibility index (Phi) is 4.88. The van der Waals surface area contributed by atoms with Gasteiger partial charge in [-0.1, -0.05) is 5.16 Å². The van der Waals surface area contributed by atoms with Gasteiger partial charge in [-0.25, -0.2) is 0 Å². The molecule has 1 amide bonds. The summed E-state index contributed by atoms with van der Waals surface area (Å²) < 4.78 is 5.12. The van der Waals surface area contributed by atoms with Gasteiger partial charge in [0.2, 0.25) is 0 Å². The Balaban J connectivity index is 1.36. The second kappa shape index (κ2) is 7.63. The highest BCUT2D eigenvalue weighted by Gasteiger charge is 2.27. The summed E-state index contributed by atoms with van der Waals surface area (Å²) in [6, 6.07) is 7.58. The highest BCUT2D eigenvalue weighted by atomic mass is 16.5. The third-order valence-electron chi connectivity index (χ3n) is 4.72. The van der Waals surface area contributed by atoms with Crippen LogP contribution in [0.5, 0.6) is 0 Å². The molecule has 9 heteroatoms. The molecule has 0 saturated carbocycles. The van der Waals surface area contributed by atoms with E-state index in [-0.39, 0.29) is 5.91 Å². The lowest BCUT2D eigenvalue weighted by atomic mass is 10.1. The Morgan fingerprint density at radius 2 is 1.93 bits per heavy atom. The number of carbonyl (C=O) groups is 1. The van der Waals surface area contributed by atoms with Crippen molar-refractivity contribution in [3.63, 3.8) is 0 Å². The maximum atomic E-state index is 12.7. The van der Waals surface area contributed by atoms with E-state index in [0.717, 1.165) is 11.5 Å². The molecule has 3 aromatic heterocycles. The van der Waals surface area contributed by atoms with Gasteiger partial charge in [-0.2, -0.15) is 0 Å². The van der Waals surface area contributed by atoms with Gasteiger partial charge in [0.25, 0.3) is 5.91 Å². The SMILES string of the molecule is Cc1noc(C)c1C(=O)N1CCN(c2ccc(Nc3cccnc3)nn2)CC1. The minimum Gasteiger partial charge on any atom is -0.361 e. The molecule has 28 heavy (non-hydrogen) atoms. The highest BCUT2D eigenvalue weighted by Crippen LogP contribution is 2.19. The lowest BCUT2D eigenvalue weighted by Gasteiger charge is -2.35. The van der Waals surface area contributed by atoms with Crippen molar-refractivity contribution in [1.82, 2.24) is 25.2 Å². The number of pyridine rings is 1. The Labute approximate surface area is 162 Å². The van der Waals surface area contributed by atoms with E-state index in [0.29, 0.717) is 49.0 Å². The van der Waals surface area contributed by atoms with Gasteiger partial charge in [-0.3, -0.25) is 9.78 Å². The van der Waals surface area contributed by atoms with E-state index in [4.69, 9.17) is 4.52 Å². The number of carbonyl (C=O) groups excluding carboxylic acids is 1. The molecule has 1 saturated heterocycles. The number of aromatic nitrogens is 4. The monoisotopic (exact) mass is 379 g/mol. The fraction of sp³-hybridized carbons (Fsp3) is 0.316. The zero-order valence-corrected chi connectivity index (χ0v) is 15.8. The fourth-order valence-electron chi connectivity index (χ4n) is 3.23. The van der Waals surface area contributed by atoms with Crippen molar-refractivity contribution in [2.45, 2.75) is 13.8 Å². The van der Waals surface area contributed by atoms with E-state index in [2.05, 4.69) is 30.6 Å². The number of amides is 1. The topological polar surface area (TPSA) is 100 Å². The number of piperazine rings is 1. The predicted molar refractivity (Wildman–Crippen MR) is 104 cm³/mol. The van der Waals surface area contributed by atoms with Crippen LogP contribution in [0.15, 0.2) is 41.2 Å². The molecule has 1 N–H and O–H groups in total. The zero-order chi connectivity index (χ0) is 19.5. The maximum Gasteiger partial charge on any atom is 0.259 e. The lowest BCUT2D eigenvalue weighted by Crippen LogP contribution is -2.49. The van der Waals surface area contributed by atoms with Crippen molar-refractivity contribution < 1.29 is 9.32 Å². The van der Waals surface area contributed by atoms with Gasteiger partial charge in [0, 0.05) is 32.4 Å². The first kappa shape index (κ1) is 17.9. The highest BCUT2D eigenvalue weighted by molar-refractivity contribution is 5.96. The van der Waals surface area contributed by atoms with E-state index in [1.807, 2.05) is 29.2 Å². The summed E-state index contributed by atoms with van der Waals surface area (Å²) in [5.41, 5.74) is 2.06. The van der Waals surface area contributed by atoms with Crippen LogP contribution in [-0.4, -0.2) is 57.3 Å². The minimum absolute atomic E-state index is 0.0296. The normalized spacial score (nSPS) is 14.2. The molecule has 1 aliphatic rings. The first-order valence-electron chi connectivity index (χ1n) is 9.09. The Morgan fingerprint density at radius 1 is 1.11 bits per heavy atom. The van der Waals surface area contributed by atoms with Crippen molar-refractivity contribution in [2.24, 2.45) is 0 Å². The van der Waals surface area contributed by atoms with Crippen LogP contribution in [0.25, 0.3) is 0 Å². The molecular formula is C19H21N7O2. The summed E-state index contributed by atoms with van der Waals surface area (Å²) in [4.78, 5) is 20.7. The molecule has 0 aliphatic carbocycles. The van der Waals surface area contributed by atoms with Crippen LogP contribution in [0, 0.1) is 13.8 Å². The van der Waals surface area contributed by atoms with Crippen molar-refractivity contribution >= 4 is 23.2 Å². The first-order valence-corrected chi connectivity index (χ1v) is 9.09. The number of nitrogens with one attached hydrogen (secondary N) is 1. The molecule has 0 radical (unpaired) electrons. The van der Waals surface area contributed by atoms with Crippen LogP contribution in [0.4, 0.5) is 17.3 Å². The zero-order valence-electron chi connectivity index (χ0n) is 15.8. The molecule has 0 aromatic carbocycles. The van der Waals surface area contributed by atoms with Gasteiger partial charge in [0.05, 0.1) is 17.6 Å². The number of aryl methyl sites for hydroxylation is 2. The lowest BCUT2D eigenvalue weighted by molar-refractivity contribution is 0.0744. The van der Waals surface area contributed by atoms with Gasteiger partial charge in [0.1, 0.15) is 11.3 Å². The predicted octanol–water partition coefficient (Wildman–Crippen LogP) is 2.18. The fourth-order valence-corrected chi connectivity index (χ4v) is 3.23. The summed E-state index contributed by atoms with van der Waals surface area (Å²) in [6.07, 6.45) is 3.45. The smallest absolute Gasteiger partial charge is 0.259 e. The first-order chi connectivity index (χ1) is 13.6. The molecule has 0 unspecified atom stereocenters. The summed E-state index contributed by atoms with van der Waals surface area (Å²) in [6.45, 7) is 6.16. The number of anilines is 3. The van der Waals surface area contributed by atoms with Crippen LogP contribution in [0.1, 0.15) is 21.8 Å². The number of nitrogens with zero attached hydrogens (tertiary/aromatic N) is 6. The molecule has 4 rings (SSSR count). The molecule has 4 heterocycles. The average molecular weight is 379 g/mol. The van der Waals surface area contributed by atoms with Crippen LogP contribution >= 0.6 is 0 Å². The summed E-state index contributed by atoms with van der Waals surface area (Å²) >= 11 is 0. The molecule has 1 aliphatic heterocycles. The van der Waals surface area contributed by atoms with Crippen LogP contribution in [0.3, 0.4) is 0 Å². The number of hydrogen-bond acceptors (Lipinski definition) is 8. The minimum atomic E-state index is -0.0296. The molecule has 9 nitrogen and oxygen atoms in total. The molecule has 0 spiro atoms. The van der Waals surface area contributed by atoms with E-state index in [9.17, 15) is 4.79 Å². The van der Waals surface area contributed by atoms with Crippen LogP contribution in [-0.2, 0) is 0 Å². The molecule has 144 valence electrons. The summed E-state index contributed by atoms with van der Waals surface area (Å²) in [5.74, 6) is 1.98. The van der Waals surface area contributed by atoms with Gasteiger partial charge in [-0.15, -0.1) is 10.2 Å². The van der Waals surface area contributed by atoms with E-state index in [1.165, 1.54) is 0 Å². The summed E-state index contributed by atoms with van der Waals surface area (Å²) in [7, 11) is 0.